The molecule has 4 rings (SSSR count). The average Bonchev–Trinajstić information content (AvgIpc) is 2.91. The number of rotatable bonds is 6. The Morgan fingerprint density at radius 1 is 0.786 bits per heavy atom. The van der Waals surface area contributed by atoms with Crippen LogP contribution >= 0.6 is 11.8 Å². The van der Waals surface area contributed by atoms with Gasteiger partial charge in [0.1, 0.15) is 18.0 Å². The molecule has 0 fully saturated rings. The van der Waals surface area contributed by atoms with Gasteiger partial charge in [-0.15, -0.1) is 11.8 Å². The topological polar surface area (TPSA) is 104 Å². The molecule has 1 aliphatic heterocycles. The fourth-order valence-electron chi connectivity index (χ4n) is 4.49. The van der Waals surface area contributed by atoms with E-state index in [-0.39, 0.29) is 20.3 Å². The third-order valence-corrected chi connectivity index (χ3v) is 7.87. The van der Waals surface area contributed by atoms with Crippen LogP contribution in [-0.4, -0.2) is 36.8 Å². The van der Waals surface area contributed by atoms with Crippen molar-refractivity contribution in [2.24, 2.45) is 5.41 Å². The summed E-state index contributed by atoms with van der Waals surface area (Å²) in [5.74, 6) is -2.26. The van der Waals surface area contributed by atoms with Gasteiger partial charge in [0.15, 0.2) is 5.78 Å². The highest BCUT2D eigenvalue weighted by Gasteiger charge is 2.47. The molecular weight excluding hydrogens is 597 g/mol. The molecule has 0 bridgehead atoms. The number of carbonyl (C=O) groups excluding carboxylic acids is 3. The van der Waals surface area contributed by atoms with Crippen molar-refractivity contribution < 1.29 is 55.3 Å². The van der Waals surface area contributed by atoms with Gasteiger partial charge in [0.25, 0.3) is 0 Å². The number of alkyl halides is 6. The van der Waals surface area contributed by atoms with E-state index in [9.17, 15) is 55.3 Å². The Labute approximate surface area is 237 Å². The van der Waals surface area contributed by atoms with Crippen molar-refractivity contribution in [3.63, 3.8) is 0 Å². The summed E-state index contributed by atoms with van der Waals surface area (Å²) in [6.07, 6.45) is -13.9. The SMILES string of the molecule is O=C([O-])N(CC1(CN(C(=O)[O-])c2cccc(C(F)(F)F)c2)CSc2ccc(F)cc2C1=O)c1cccc(C(F)(F)F)c1. The van der Waals surface area contributed by atoms with Gasteiger partial charge in [0.2, 0.25) is 0 Å². The second-order valence-electron chi connectivity index (χ2n) is 9.34. The molecule has 0 spiro atoms. The fourth-order valence-corrected chi connectivity index (χ4v) is 5.70. The van der Waals surface area contributed by atoms with Crippen LogP contribution in [0.5, 0.6) is 0 Å². The van der Waals surface area contributed by atoms with E-state index in [2.05, 4.69) is 0 Å². The van der Waals surface area contributed by atoms with E-state index in [0.29, 0.717) is 24.3 Å². The lowest BCUT2D eigenvalue weighted by Crippen LogP contribution is -2.58. The molecule has 0 N–H and O–H groups in total. The number of amides is 2. The van der Waals surface area contributed by atoms with Crippen LogP contribution in [0.1, 0.15) is 21.5 Å². The number of carboxylic acid groups (broad SMARTS) is 2. The number of carbonyl (C=O) groups is 3. The fraction of sp³-hybridized carbons (Fsp3) is 0.222. The first kappa shape index (κ1) is 30.7. The molecule has 1 aliphatic rings. The Hall–Kier alpha value is -4.27. The minimum absolute atomic E-state index is 0.246. The van der Waals surface area contributed by atoms with E-state index >= 15 is 0 Å². The number of fused-ring (bicyclic) bond motifs is 1. The van der Waals surface area contributed by atoms with E-state index in [1.165, 1.54) is 6.07 Å². The van der Waals surface area contributed by atoms with Gasteiger partial charge in [-0.3, -0.25) is 4.79 Å². The van der Waals surface area contributed by atoms with Crippen molar-refractivity contribution in [1.29, 1.82) is 0 Å². The van der Waals surface area contributed by atoms with Crippen LogP contribution in [0.3, 0.4) is 0 Å². The quantitative estimate of drug-likeness (QED) is 0.369. The lowest BCUT2D eigenvalue weighted by Gasteiger charge is -2.44. The van der Waals surface area contributed by atoms with Crippen LogP contribution in [0.15, 0.2) is 71.6 Å². The summed E-state index contributed by atoms with van der Waals surface area (Å²) in [7, 11) is 0. The van der Waals surface area contributed by atoms with Gasteiger partial charge in [-0.2, -0.15) is 26.3 Å². The summed E-state index contributed by atoms with van der Waals surface area (Å²) in [6, 6.07) is 9.16. The van der Waals surface area contributed by atoms with Crippen molar-refractivity contribution in [1.82, 2.24) is 0 Å². The molecule has 3 aromatic carbocycles. The van der Waals surface area contributed by atoms with Crippen LogP contribution in [-0.2, 0) is 12.4 Å². The maximum atomic E-state index is 14.1. The summed E-state index contributed by atoms with van der Waals surface area (Å²) in [6.45, 7) is -2.00. The van der Waals surface area contributed by atoms with Crippen molar-refractivity contribution in [2.75, 3.05) is 28.6 Å². The number of hydrogen-bond donors (Lipinski definition) is 0. The summed E-state index contributed by atoms with van der Waals surface area (Å²) < 4.78 is 94.3. The molecule has 0 radical (unpaired) electrons. The first-order valence-corrected chi connectivity index (χ1v) is 12.8. The summed E-state index contributed by atoms with van der Waals surface area (Å²) in [4.78, 5) is 39.2. The number of thioether (sulfide) groups is 1. The normalized spacial score (nSPS) is 14.7. The van der Waals surface area contributed by atoms with Crippen molar-refractivity contribution in [3.05, 3.63) is 89.2 Å². The van der Waals surface area contributed by atoms with Crippen molar-refractivity contribution in [2.45, 2.75) is 17.2 Å². The average molecular weight is 614 g/mol. The molecule has 0 saturated heterocycles. The predicted molar refractivity (Wildman–Crippen MR) is 132 cm³/mol. The van der Waals surface area contributed by atoms with Gasteiger partial charge in [0, 0.05) is 40.7 Å². The minimum Gasteiger partial charge on any atom is -0.530 e. The maximum absolute atomic E-state index is 14.1. The number of ketones is 1. The smallest absolute Gasteiger partial charge is 0.416 e. The van der Waals surface area contributed by atoms with E-state index in [4.69, 9.17) is 0 Å². The molecule has 15 heteroatoms. The number of hydrogen-bond acceptors (Lipinski definition) is 6. The molecule has 0 aromatic heterocycles. The highest BCUT2D eigenvalue weighted by molar-refractivity contribution is 7.99. The van der Waals surface area contributed by atoms with E-state index in [1.807, 2.05) is 0 Å². The zero-order valence-electron chi connectivity index (χ0n) is 21.0. The summed E-state index contributed by atoms with van der Waals surface area (Å²) in [5, 5.41) is 24.4. The van der Waals surface area contributed by atoms with Gasteiger partial charge < -0.3 is 29.6 Å². The van der Waals surface area contributed by atoms with E-state index in [1.54, 1.807) is 0 Å². The molecule has 0 atom stereocenters. The Morgan fingerprint density at radius 2 is 1.26 bits per heavy atom. The molecule has 0 saturated carbocycles. The lowest BCUT2D eigenvalue weighted by atomic mass is 9.79. The lowest BCUT2D eigenvalue weighted by molar-refractivity contribution is -0.247. The molecule has 0 unspecified atom stereocenters. The van der Waals surface area contributed by atoms with Crippen LogP contribution in [0.25, 0.3) is 0 Å². The molecule has 0 aliphatic carbocycles. The standard InChI is InChI=1S/C27H19F7N2O5S/c28-17-7-8-21-20(11-17)22(37)25(14-42-21,12-35(23(38)39)18-5-1-3-15(9-18)26(29,30)31)13-36(24(40)41)19-6-2-4-16(10-19)27(32,33)34/h1-11H,12-14H2,(H,38,39)(H,40,41)/p-2. The van der Waals surface area contributed by atoms with Gasteiger partial charge in [-0.05, 0) is 54.6 Å². The third-order valence-electron chi connectivity index (χ3n) is 6.50. The number of halogens is 7. The third kappa shape index (κ3) is 6.30. The number of anilines is 2. The molecule has 3 aromatic rings. The maximum Gasteiger partial charge on any atom is 0.416 e. The molecule has 222 valence electrons. The number of benzene rings is 3. The zero-order chi connectivity index (χ0) is 31.0. The Morgan fingerprint density at radius 3 is 1.69 bits per heavy atom. The molecule has 1 heterocycles. The highest BCUT2D eigenvalue weighted by atomic mass is 32.2. The van der Waals surface area contributed by atoms with Gasteiger partial charge in [0.05, 0.1) is 16.5 Å². The number of nitrogens with zero attached hydrogens (tertiary/aromatic N) is 2. The largest absolute Gasteiger partial charge is 0.530 e. The monoisotopic (exact) mass is 614 g/mol. The summed E-state index contributed by atoms with van der Waals surface area (Å²) >= 11 is 0.893. The first-order valence-electron chi connectivity index (χ1n) is 11.8. The summed E-state index contributed by atoms with van der Waals surface area (Å²) in [5.41, 5.74) is -6.07. The Balaban J connectivity index is 1.86. The predicted octanol–water partition coefficient (Wildman–Crippen LogP) is 4.84. The van der Waals surface area contributed by atoms with Gasteiger partial charge in [-0.1, -0.05) is 12.1 Å². The van der Waals surface area contributed by atoms with Crippen molar-refractivity contribution >= 4 is 41.1 Å². The Bertz CT molecular complexity index is 1470. The molecule has 2 amide bonds. The van der Waals surface area contributed by atoms with Gasteiger partial charge in [-0.25, -0.2) is 4.39 Å². The second kappa shape index (κ2) is 11.2. The molecular formula is C27H17F7N2O5S-2. The minimum atomic E-state index is -4.88. The number of Topliss-reactive ketones (excluding diaryl/α,β-unsaturated/α-hetero) is 1. The Kier molecular flexibility index (Phi) is 8.18. The van der Waals surface area contributed by atoms with E-state index in [0.717, 1.165) is 48.2 Å². The second-order valence-corrected chi connectivity index (χ2v) is 10.4. The van der Waals surface area contributed by atoms with Gasteiger partial charge >= 0.3 is 12.4 Å². The van der Waals surface area contributed by atoms with Crippen LogP contribution in [0.4, 0.5) is 51.7 Å². The van der Waals surface area contributed by atoms with Crippen LogP contribution < -0.4 is 20.0 Å². The van der Waals surface area contributed by atoms with E-state index < -0.39 is 82.9 Å². The first-order chi connectivity index (χ1) is 19.5. The van der Waals surface area contributed by atoms with Crippen LogP contribution in [0, 0.1) is 11.2 Å². The zero-order valence-corrected chi connectivity index (χ0v) is 21.8. The van der Waals surface area contributed by atoms with Crippen molar-refractivity contribution in [3.8, 4) is 0 Å². The van der Waals surface area contributed by atoms with Crippen LogP contribution in [0.2, 0.25) is 0 Å². The highest BCUT2D eigenvalue weighted by Crippen LogP contribution is 2.43. The molecule has 42 heavy (non-hydrogen) atoms. The molecule has 7 nitrogen and oxygen atoms in total.